The van der Waals surface area contributed by atoms with Crippen LogP contribution in [0.5, 0.6) is 5.75 Å². The van der Waals surface area contributed by atoms with E-state index in [4.69, 9.17) is 4.74 Å². The van der Waals surface area contributed by atoms with Crippen molar-refractivity contribution < 1.29 is 19.1 Å². The van der Waals surface area contributed by atoms with Gasteiger partial charge in [0.15, 0.2) is 5.78 Å². The number of hydrogen-bond donors (Lipinski definition) is 2. The smallest absolute Gasteiger partial charge is 0.268 e. The van der Waals surface area contributed by atoms with Gasteiger partial charge in [-0.3, -0.25) is 14.4 Å². The predicted molar refractivity (Wildman–Crippen MR) is 96.6 cm³/mol. The fraction of sp³-hybridized carbons (Fsp3) is 0.316. The molecule has 2 amide bonds. The van der Waals surface area contributed by atoms with E-state index in [0.29, 0.717) is 43.0 Å². The third-order valence-electron chi connectivity index (χ3n) is 4.27. The fourth-order valence-corrected chi connectivity index (χ4v) is 2.86. The van der Waals surface area contributed by atoms with Gasteiger partial charge in [0.2, 0.25) is 5.91 Å². The number of amides is 2. The Morgan fingerprint density at radius 3 is 2.81 bits per heavy atom. The van der Waals surface area contributed by atoms with Gasteiger partial charge >= 0.3 is 0 Å². The number of fused-ring (bicyclic) bond motifs is 1. The van der Waals surface area contributed by atoms with Crippen molar-refractivity contribution in [2.75, 3.05) is 18.5 Å². The Balaban J connectivity index is 1.50. The standard InChI is InChI=1S/C19H21N3O4/c1-12(23)14-10-17(22(2)11-14)19(25)20-7-8-26-15-4-5-16-13(9-15)3-6-18(24)21-16/h4-5,9-11H,3,6-8H2,1-2H3,(H,20,25)(H,21,24). The van der Waals surface area contributed by atoms with Crippen LogP contribution in [0.4, 0.5) is 5.69 Å². The van der Waals surface area contributed by atoms with E-state index in [1.54, 1.807) is 29.9 Å². The molecule has 0 saturated heterocycles. The second-order valence-corrected chi connectivity index (χ2v) is 6.25. The number of ether oxygens (including phenoxy) is 1. The van der Waals surface area contributed by atoms with Crippen LogP contribution in [0.25, 0.3) is 0 Å². The first kappa shape index (κ1) is 17.7. The van der Waals surface area contributed by atoms with E-state index in [-0.39, 0.29) is 17.6 Å². The lowest BCUT2D eigenvalue weighted by atomic mass is 10.0. The van der Waals surface area contributed by atoms with Gasteiger partial charge in [0.05, 0.1) is 6.54 Å². The lowest BCUT2D eigenvalue weighted by molar-refractivity contribution is -0.116. The number of rotatable bonds is 6. The number of hydrogen-bond acceptors (Lipinski definition) is 4. The molecule has 0 spiro atoms. The molecule has 0 aliphatic carbocycles. The van der Waals surface area contributed by atoms with E-state index in [2.05, 4.69) is 10.6 Å². The van der Waals surface area contributed by atoms with Crippen LogP contribution < -0.4 is 15.4 Å². The van der Waals surface area contributed by atoms with Gasteiger partial charge in [-0.2, -0.15) is 0 Å². The Kier molecular flexibility index (Phi) is 5.06. The normalized spacial score (nSPS) is 12.9. The number of aromatic nitrogens is 1. The summed E-state index contributed by atoms with van der Waals surface area (Å²) >= 11 is 0. The maximum absolute atomic E-state index is 12.2. The molecule has 0 bridgehead atoms. The molecule has 2 N–H and O–H groups in total. The highest BCUT2D eigenvalue weighted by molar-refractivity contribution is 5.99. The molecule has 7 heteroatoms. The first-order valence-corrected chi connectivity index (χ1v) is 8.45. The van der Waals surface area contributed by atoms with Crippen molar-refractivity contribution in [3.05, 3.63) is 47.3 Å². The molecule has 136 valence electrons. The van der Waals surface area contributed by atoms with Crippen LogP contribution >= 0.6 is 0 Å². The molecule has 7 nitrogen and oxygen atoms in total. The first-order valence-electron chi connectivity index (χ1n) is 8.45. The highest BCUT2D eigenvalue weighted by Gasteiger charge is 2.15. The molecule has 1 aliphatic rings. The number of nitrogens with zero attached hydrogens (tertiary/aromatic N) is 1. The number of Topliss-reactive ketones (excluding diaryl/α,β-unsaturated/α-hetero) is 1. The van der Waals surface area contributed by atoms with Gasteiger partial charge in [0.25, 0.3) is 5.91 Å². The molecule has 3 rings (SSSR count). The maximum atomic E-state index is 12.2. The van der Waals surface area contributed by atoms with Gasteiger partial charge in [0.1, 0.15) is 18.1 Å². The Morgan fingerprint density at radius 2 is 2.08 bits per heavy atom. The van der Waals surface area contributed by atoms with Gasteiger partial charge < -0.3 is 19.9 Å². The van der Waals surface area contributed by atoms with Gasteiger partial charge in [-0.25, -0.2) is 0 Å². The van der Waals surface area contributed by atoms with Crippen LogP contribution in [0.1, 0.15) is 39.8 Å². The summed E-state index contributed by atoms with van der Waals surface area (Å²) in [6.45, 7) is 2.13. The average Bonchev–Trinajstić information content (AvgIpc) is 3.01. The zero-order valence-corrected chi connectivity index (χ0v) is 14.8. The van der Waals surface area contributed by atoms with E-state index in [9.17, 15) is 14.4 Å². The van der Waals surface area contributed by atoms with Gasteiger partial charge in [-0.1, -0.05) is 0 Å². The minimum absolute atomic E-state index is 0.0301. The molecule has 1 aliphatic heterocycles. The monoisotopic (exact) mass is 355 g/mol. The topological polar surface area (TPSA) is 89.4 Å². The minimum Gasteiger partial charge on any atom is -0.492 e. The van der Waals surface area contributed by atoms with Crippen molar-refractivity contribution in [1.82, 2.24) is 9.88 Å². The SMILES string of the molecule is CC(=O)c1cc(C(=O)NCCOc2ccc3c(c2)CCC(=O)N3)n(C)c1. The third-order valence-corrected chi connectivity index (χ3v) is 4.27. The van der Waals surface area contributed by atoms with Crippen molar-refractivity contribution in [3.8, 4) is 5.75 Å². The Morgan fingerprint density at radius 1 is 1.27 bits per heavy atom. The van der Waals surface area contributed by atoms with E-state index < -0.39 is 0 Å². The van der Waals surface area contributed by atoms with Crippen molar-refractivity contribution in [2.45, 2.75) is 19.8 Å². The predicted octanol–water partition coefficient (Wildman–Crippen LogP) is 1.92. The number of aryl methyl sites for hydroxylation is 2. The number of anilines is 1. The molecular formula is C19H21N3O4. The summed E-state index contributed by atoms with van der Waals surface area (Å²) < 4.78 is 7.30. The first-order chi connectivity index (χ1) is 12.4. The molecule has 26 heavy (non-hydrogen) atoms. The Bertz CT molecular complexity index is 870. The molecule has 0 saturated carbocycles. The van der Waals surface area contributed by atoms with E-state index in [1.165, 1.54) is 6.92 Å². The molecule has 2 heterocycles. The molecule has 2 aromatic rings. The van der Waals surface area contributed by atoms with Crippen molar-refractivity contribution in [2.24, 2.45) is 7.05 Å². The molecule has 1 aromatic carbocycles. The number of benzene rings is 1. The number of carbonyl (C=O) groups excluding carboxylic acids is 3. The third kappa shape index (κ3) is 3.93. The largest absolute Gasteiger partial charge is 0.492 e. The summed E-state index contributed by atoms with van der Waals surface area (Å²) in [5, 5.41) is 5.60. The number of nitrogens with one attached hydrogen (secondary N) is 2. The highest BCUT2D eigenvalue weighted by Crippen LogP contribution is 2.26. The Hall–Kier alpha value is -3.09. The van der Waals surface area contributed by atoms with Crippen LogP contribution in [-0.2, 0) is 18.3 Å². The Labute approximate surface area is 151 Å². The summed E-state index contributed by atoms with van der Waals surface area (Å²) in [6.07, 6.45) is 2.81. The van der Waals surface area contributed by atoms with Crippen LogP contribution in [0.2, 0.25) is 0 Å². The average molecular weight is 355 g/mol. The maximum Gasteiger partial charge on any atom is 0.268 e. The summed E-state index contributed by atoms with van der Waals surface area (Å²) in [5.41, 5.74) is 2.81. The van der Waals surface area contributed by atoms with Gasteiger partial charge in [0, 0.05) is 30.9 Å². The zero-order valence-electron chi connectivity index (χ0n) is 14.8. The second kappa shape index (κ2) is 7.43. The van der Waals surface area contributed by atoms with Crippen molar-refractivity contribution in [1.29, 1.82) is 0 Å². The van der Waals surface area contributed by atoms with E-state index in [0.717, 1.165) is 11.3 Å². The van der Waals surface area contributed by atoms with Gasteiger partial charge in [-0.05, 0) is 43.2 Å². The number of ketones is 1. The minimum atomic E-state index is -0.253. The summed E-state index contributed by atoms with van der Waals surface area (Å²) in [7, 11) is 1.73. The highest BCUT2D eigenvalue weighted by atomic mass is 16.5. The second-order valence-electron chi connectivity index (χ2n) is 6.25. The number of carbonyl (C=O) groups is 3. The summed E-state index contributed by atoms with van der Waals surface area (Å²) in [5.74, 6) is 0.401. The van der Waals surface area contributed by atoms with Crippen LogP contribution in [0.15, 0.2) is 30.5 Å². The van der Waals surface area contributed by atoms with Crippen molar-refractivity contribution >= 4 is 23.3 Å². The van der Waals surface area contributed by atoms with Crippen molar-refractivity contribution in [3.63, 3.8) is 0 Å². The fourth-order valence-electron chi connectivity index (χ4n) is 2.86. The summed E-state index contributed by atoms with van der Waals surface area (Å²) in [6, 6.07) is 7.11. The molecule has 0 fully saturated rings. The zero-order chi connectivity index (χ0) is 18.7. The van der Waals surface area contributed by atoms with E-state index in [1.807, 2.05) is 12.1 Å². The summed E-state index contributed by atoms with van der Waals surface area (Å²) in [4.78, 5) is 34.9. The molecule has 0 unspecified atom stereocenters. The van der Waals surface area contributed by atoms with E-state index >= 15 is 0 Å². The lowest BCUT2D eigenvalue weighted by Crippen LogP contribution is -2.29. The molecule has 1 aromatic heterocycles. The molecule has 0 radical (unpaired) electrons. The lowest BCUT2D eigenvalue weighted by Gasteiger charge is -2.17. The quantitative estimate of drug-likeness (QED) is 0.612. The molecule has 0 atom stereocenters. The van der Waals surface area contributed by atoms with Crippen LogP contribution in [0, 0.1) is 0 Å². The van der Waals surface area contributed by atoms with Crippen LogP contribution in [0.3, 0.4) is 0 Å². The van der Waals surface area contributed by atoms with Crippen LogP contribution in [-0.4, -0.2) is 35.3 Å². The molecular weight excluding hydrogens is 334 g/mol. The van der Waals surface area contributed by atoms with Gasteiger partial charge in [-0.15, -0.1) is 0 Å².